The Morgan fingerprint density at radius 1 is 1.21 bits per heavy atom. The van der Waals surface area contributed by atoms with Crippen LogP contribution >= 0.6 is 11.6 Å². The Morgan fingerprint density at radius 3 is 2.68 bits per heavy atom. The summed E-state index contributed by atoms with van der Waals surface area (Å²) in [6.45, 7) is 2.41. The van der Waals surface area contributed by atoms with Crippen LogP contribution in [0.5, 0.6) is 11.5 Å². The van der Waals surface area contributed by atoms with Crippen LogP contribution in [0.3, 0.4) is 0 Å². The predicted molar refractivity (Wildman–Crippen MR) is 75.4 cm³/mol. The van der Waals surface area contributed by atoms with Crippen molar-refractivity contribution >= 4 is 11.6 Å². The van der Waals surface area contributed by atoms with Gasteiger partial charge in [0.15, 0.2) is 11.6 Å². The summed E-state index contributed by atoms with van der Waals surface area (Å²) in [6, 6.07) is 10.0. The number of nitrogens with two attached hydrogens (primary N) is 1. The Balaban J connectivity index is 2.24. The molecule has 2 aromatic rings. The van der Waals surface area contributed by atoms with Crippen LogP contribution in [0.25, 0.3) is 0 Å². The van der Waals surface area contributed by atoms with Gasteiger partial charge in [-0.3, -0.25) is 0 Å². The van der Waals surface area contributed by atoms with Crippen molar-refractivity contribution in [3.8, 4) is 11.5 Å². The van der Waals surface area contributed by atoms with Crippen LogP contribution in [0.2, 0.25) is 5.02 Å². The van der Waals surface area contributed by atoms with Crippen molar-refractivity contribution in [2.45, 2.75) is 13.3 Å². The molecule has 0 atom stereocenters. The Kier molecular flexibility index (Phi) is 4.40. The Bertz CT molecular complexity index is 586. The minimum absolute atomic E-state index is 0.197. The molecule has 0 aliphatic carbocycles. The highest BCUT2D eigenvalue weighted by atomic mass is 35.5. The van der Waals surface area contributed by atoms with Crippen LogP contribution in [0.4, 0.5) is 4.39 Å². The van der Waals surface area contributed by atoms with E-state index in [2.05, 4.69) is 0 Å². The fraction of sp³-hybridized carbons (Fsp3) is 0.200. The summed E-state index contributed by atoms with van der Waals surface area (Å²) in [6.07, 6.45) is 0.706. The van der Waals surface area contributed by atoms with Gasteiger partial charge in [0.25, 0.3) is 0 Å². The highest BCUT2D eigenvalue weighted by Gasteiger charge is 2.07. The maximum atomic E-state index is 13.6. The van der Waals surface area contributed by atoms with E-state index in [4.69, 9.17) is 22.1 Å². The van der Waals surface area contributed by atoms with Crippen molar-refractivity contribution in [3.63, 3.8) is 0 Å². The topological polar surface area (TPSA) is 35.2 Å². The summed E-state index contributed by atoms with van der Waals surface area (Å²) >= 11 is 6.12. The number of ether oxygens (including phenoxy) is 1. The van der Waals surface area contributed by atoms with Gasteiger partial charge in [-0.2, -0.15) is 0 Å². The zero-order valence-electron chi connectivity index (χ0n) is 10.6. The molecule has 0 aromatic heterocycles. The molecule has 0 bridgehead atoms. The first-order valence-corrected chi connectivity index (χ1v) is 6.40. The summed E-state index contributed by atoms with van der Waals surface area (Å²) in [4.78, 5) is 0. The average Bonchev–Trinajstić information content (AvgIpc) is 2.37. The van der Waals surface area contributed by atoms with Gasteiger partial charge in [-0.05, 0) is 55.3 Å². The highest BCUT2D eigenvalue weighted by Crippen LogP contribution is 2.29. The van der Waals surface area contributed by atoms with Crippen molar-refractivity contribution in [3.05, 3.63) is 58.4 Å². The SMILES string of the molecule is Cc1ccc(F)c(Oc2ccc(CCN)c(Cl)c2)c1. The van der Waals surface area contributed by atoms with Crippen molar-refractivity contribution in [1.82, 2.24) is 0 Å². The van der Waals surface area contributed by atoms with Crippen molar-refractivity contribution < 1.29 is 9.13 Å². The first-order valence-electron chi connectivity index (χ1n) is 6.02. The number of aryl methyl sites for hydroxylation is 1. The molecule has 2 nitrogen and oxygen atoms in total. The van der Waals surface area contributed by atoms with Crippen LogP contribution in [0, 0.1) is 12.7 Å². The molecule has 2 aromatic carbocycles. The molecule has 0 aliphatic heterocycles. The van der Waals surface area contributed by atoms with Gasteiger partial charge in [0.05, 0.1) is 0 Å². The molecule has 0 heterocycles. The number of hydrogen-bond donors (Lipinski definition) is 1. The van der Waals surface area contributed by atoms with Crippen LogP contribution < -0.4 is 10.5 Å². The third-order valence-corrected chi connectivity index (χ3v) is 3.10. The average molecular weight is 280 g/mol. The van der Waals surface area contributed by atoms with E-state index in [0.717, 1.165) is 11.1 Å². The van der Waals surface area contributed by atoms with Crippen molar-refractivity contribution in [2.24, 2.45) is 5.73 Å². The normalized spacial score (nSPS) is 10.5. The molecule has 0 saturated carbocycles. The fourth-order valence-electron chi connectivity index (χ4n) is 1.77. The minimum atomic E-state index is -0.396. The fourth-order valence-corrected chi connectivity index (χ4v) is 2.03. The molecule has 100 valence electrons. The number of benzene rings is 2. The molecule has 0 fully saturated rings. The maximum absolute atomic E-state index is 13.6. The molecule has 0 saturated heterocycles. The molecule has 0 aliphatic rings. The molecule has 0 spiro atoms. The van der Waals surface area contributed by atoms with Crippen LogP contribution in [0.15, 0.2) is 36.4 Å². The van der Waals surface area contributed by atoms with E-state index in [1.165, 1.54) is 6.07 Å². The largest absolute Gasteiger partial charge is 0.454 e. The summed E-state index contributed by atoms with van der Waals surface area (Å²) in [7, 11) is 0. The van der Waals surface area contributed by atoms with Crippen molar-refractivity contribution in [2.75, 3.05) is 6.54 Å². The van der Waals surface area contributed by atoms with E-state index < -0.39 is 5.82 Å². The van der Waals surface area contributed by atoms with Gasteiger partial charge < -0.3 is 10.5 Å². The number of rotatable bonds is 4. The van der Waals surface area contributed by atoms with E-state index >= 15 is 0 Å². The summed E-state index contributed by atoms with van der Waals surface area (Å²) in [5.74, 6) is 0.311. The molecule has 2 N–H and O–H groups in total. The predicted octanol–water partition coefficient (Wildman–Crippen LogP) is 4.08. The lowest BCUT2D eigenvalue weighted by atomic mass is 10.1. The van der Waals surface area contributed by atoms with E-state index in [1.807, 2.05) is 13.0 Å². The first-order chi connectivity index (χ1) is 9.10. The quantitative estimate of drug-likeness (QED) is 0.915. The zero-order chi connectivity index (χ0) is 13.8. The molecular formula is C15H15ClFNO. The third kappa shape index (κ3) is 3.46. The molecule has 0 unspecified atom stereocenters. The van der Waals surface area contributed by atoms with Crippen molar-refractivity contribution in [1.29, 1.82) is 0 Å². The van der Waals surface area contributed by atoms with E-state index in [0.29, 0.717) is 23.7 Å². The van der Waals surface area contributed by atoms with E-state index in [-0.39, 0.29) is 5.75 Å². The maximum Gasteiger partial charge on any atom is 0.165 e. The third-order valence-electron chi connectivity index (χ3n) is 2.75. The van der Waals surface area contributed by atoms with Crippen LogP contribution in [-0.4, -0.2) is 6.54 Å². The van der Waals surface area contributed by atoms with Gasteiger partial charge in [0, 0.05) is 5.02 Å². The Labute approximate surface area is 117 Å². The lowest BCUT2D eigenvalue weighted by Gasteiger charge is -2.09. The highest BCUT2D eigenvalue weighted by molar-refractivity contribution is 6.31. The van der Waals surface area contributed by atoms with Gasteiger partial charge in [-0.15, -0.1) is 0 Å². The monoisotopic (exact) mass is 279 g/mol. The number of halogens is 2. The zero-order valence-corrected chi connectivity index (χ0v) is 11.4. The Morgan fingerprint density at radius 2 is 2.00 bits per heavy atom. The molecule has 0 radical (unpaired) electrons. The van der Waals surface area contributed by atoms with Crippen LogP contribution in [-0.2, 0) is 6.42 Å². The van der Waals surface area contributed by atoms with Gasteiger partial charge in [-0.25, -0.2) is 4.39 Å². The van der Waals surface area contributed by atoms with Gasteiger partial charge in [-0.1, -0.05) is 23.7 Å². The smallest absolute Gasteiger partial charge is 0.165 e. The molecular weight excluding hydrogens is 265 g/mol. The Hall–Kier alpha value is -1.58. The molecule has 2 rings (SSSR count). The first kappa shape index (κ1) is 13.8. The summed E-state index contributed by atoms with van der Waals surface area (Å²) in [5.41, 5.74) is 7.38. The van der Waals surface area contributed by atoms with Gasteiger partial charge in [0.1, 0.15) is 5.75 Å². The number of hydrogen-bond acceptors (Lipinski definition) is 2. The van der Waals surface area contributed by atoms with Crippen LogP contribution in [0.1, 0.15) is 11.1 Å². The lowest BCUT2D eigenvalue weighted by Crippen LogP contribution is -2.03. The second-order valence-electron chi connectivity index (χ2n) is 4.33. The lowest BCUT2D eigenvalue weighted by molar-refractivity contribution is 0.441. The molecule has 0 amide bonds. The summed E-state index contributed by atoms with van der Waals surface area (Å²) in [5, 5.41) is 0.580. The second-order valence-corrected chi connectivity index (χ2v) is 4.74. The standard InChI is InChI=1S/C15H15ClFNO/c1-10-2-5-14(17)15(8-10)19-12-4-3-11(6-7-18)13(16)9-12/h2-5,8-9H,6-7,18H2,1H3. The van der Waals surface area contributed by atoms with E-state index in [9.17, 15) is 4.39 Å². The molecule has 4 heteroatoms. The minimum Gasteiger partial charge on any atom is -0.454 e. The molecule has 19 heavy (non-hydrogen) atoms. The second kappa shape index (κ2) is 6.04. The van der Waals surface area contributed by atoms with Gasteiger partial charge >= 0.3 is 0 Å². The van der Waals surface area contributed by atoms with Gasteiger partial charge in [0.2, 0.25) is 0 Å². The van der Waals surface area contributed by atoms with E-state index in [1.54, 1.807) is 24.3 Å². The summed E-state index contributed by atoms with van der Waals surface area (Å²) < 4.78 is 19.1.